The van der Waals surface area contributed by atoms with Crippen LogP contribution in [0, 0.1) is 6.92 Å². The topological polar surface area (TPSA) is 94.8 Å². The highest BCUT2D eigenvalue weighted by Crippen LogP contribution is 2.36. The molecular weight excluding hydrogens is 366 g/mol. The molecule has 0 spiro atoms. The molecule has 1 aromatic carbocycles. The maximum Gasteiger partial charge on any atom is 0.255 e. The van der Waals surface area contributed by atoms with Crippen molar-refractivity contribution < 1.29 is 19.1 Å². The van der Waals surface area contributed by atoms with Gasteiger partial charge in [0.05, 0.1) is 29.9 Å². The molecule has 25 heavy (non-hydrogen) atoms. The van der Waals surface area contributed by atoms with E-state index in [4.69, 9.17) is 26.8 Å². The summed E-state index contributed by atoms with van der Waals surface area (Å²) in [6.07, 6.45) is 0. The van der Waals surface area contributed by atoms with Gasteiger partial charge in [-0.05, 0) is 19.1 Å². The number of halogens is 1. The maximum absolute atomic E-state index is 12.7. The van der Waals surface area contributed by atoms with Crippen LogP contribution in [0.4, 0.5) is 0 Å². The smallest absolute Gasteiger partial charge is 0.255 e. The van der Waals surface area contributed by atoms with E-state index >= 15 is 0 Å². The Bertz CT molecular complexity index is 794. The number of hydrogen-bond donors (Lipinski definition) is 1. The predicted molar refractivity (Wildman–Crippen MR) is 95.3 cm³/mol. The normalized spacial score (nSPS) is 10.4. The second kappa shape index (κ2) is 8.17. The Morgan fingerprint density at radius 1 is 1.40 bits per heavy atom. The van der Waals surface area contributed by atoms with E-state index in [0.29, 0.717) is 12.1 Å². The third kappa shape index (κ3) is 4.61. The SMILES string of the molecule is COc1cc(C(=O)N(C)Cc2scnc2C)cc(Cl)c1OCC(N)=O. The van der Waals surface area contributed by atoms with Crippen LogP contribution < -0.4 is 15.2 Å². The number of aryl methyl sites for hydroxylation is 1. The first kappa shape index (κ1) is 19.0. The molecule has 7 nitrogen and oxygen atoms in total. The molecule has 0 aliphatic carbocycles. The molecule has 2 aromatic rings. The minimum absolute atomic E-state index is 0.159. The van der Waals surface area contributed by atoms with Gasteiger partial charge in [0.1, 0.15) is 0 Å². The zero-order chi connectivity index (χ0) is 18.6. The van der Waals surface area contributed by atoms with Gasteiger partial charge in [-0.3, -0.25) is 9.59 Å². The van der Waals surface area contributed by atoms with Crippen LogP contribution in [0.5, 0.6) is 11.5 Å². The molecule has 2 amide bonds. The number of rotatable bonds is 7. The molecule has 2 N–H and O–H groups in total. The fourth-order valence-corrected chi connectivity index (χ4v) is 3.21. The highest BCUT2D eigenvalue weighted by Gasteiger charge is 2.19. The van der Waals surface area contributed by atoms with Gasteiger partial charge in [-0.15, -0.1) is 11.3 Å². The molecule has 0 aliphatic heterocycles. The Morgan fingerprint density at radius 3 is 2.68 bits per heavy atom. The summed E-state index contributed by atoms with van der Waals surface area (Å²) >= 11 is 7.67. The monoisotopic (exact) mass is 383 g/mol. The summed E-state index contributed by atoms with van der Waals surface area (Å²) < 4.78 is 10.5. The Balaban J connectivity index is 2.23. The molecule has 0 fully saturated rings. The number of benzene rings is 1. The number of amides is 2. The van der Waals surface area contributed by atoms with Crippen molar-refractivity contribution in [1.29, 1.82) is 0 Å². The van der Waals surface area contributed by atoms with Crippen LogP contribution in [-0.4, -0.2) is 42.5 Å². The minimum Gasteiger partial charge on any atom is -0.493 e. The molecule has 0 saturated carbocycles. The molecule has 0 radical (unpaired) electrons. The largest absolute Gasteiger partial charge is 0.493 e. The first-order valence-corrected chi connectivity index (χ1v) is 8.52. The molecule has 0 aliphatic rings. The van der Waals surface area contributed by atoms with Crippen molar-refractivity contribution in [2.75, 3.05) is 20.8 Å². The third-order valence-electron chi connectivity index (χ3n) is 3.41. The Kier molecular flexibility index (Phi) is 6.22. The minimum atomic E-state index is -0.641. The Labute approximate surface area is 154 Å². The van der Waals surface area contributed by atoms with Crippen LogP contribution in [0.3, 0.4) is 0 Å². The van der Waals surface area contributed by atoms with Gasteiger partial charge >= 0.3 is 0 Å². The molecule has 0 unspecified atom stereocenters. The third-order valence-corrected chi connectivity index (χ3v) is 4.61. The van der Waals surface area contributed by atoms with Crippen molar-refractivity contribution in [3.05, 3.63) is 38.8 Å². The van der Waals surface area contributed by atoms with Gasteiger partial charge in [-0.2, -0.15) is 0 Å². The van der Waals surface area contributed by atoms with Gasteiger partial charge in [0.2, 0.25) is 0 Å². The number of carbonyl (C=O) groups is 2. The van der Waals surface area contributed by atoms with E-state index < -0.39 is 5.91 Å². The van der Waals surface area contributed by atoms with Gasteiger partial charge in [0, 0.05) is 17.5 Å². The van der Waals surface area contributed by atoms with Crippen LogP contribution in [0.15, 0.2) is 17.6 Å². The van der Waals surface area contributed by atoms with Gasteiger partial charge in [0.25, 0.3) is 11.8 Å². The number of aromatic nitrogens is 1. The lowest BCUT2D eigenvalue weighted by molar-refractivity contribution is -0.119. The Morgan fingerprint density at radius 2 is 2.12 bits per heavy atom. The Hall–Kier alpha value is -2.32. The molecule has 1 aromatic heterocycles. The van der Waals surface area contributed by atoms with E-state index in [0.717, 1.165) is 10.6 Å². The van der Waals surface area contributed by atoms with E-state index in [1.165, 1.54) is 30.6 Å². The average Bonchev–Trinajstić information content (AvgIpc) is 2.96. The first-order chi connectivity index (χ1) is 11.8. The summed E-state index contributed by atoms with van der Waals surface area (Å²) in [5, 5.41) is 0.159. The van der Waals surface area contributed by atoms with Crippen molar-refractivity contribution >= 4 is 34.8 Å². The molecule has 0 saturated heterocycles. The van der Waals surface area contributed by atoms with Crippen molar-refractivity contribution in [2.45, 2.75) is 13.5 Å². The second-order valence-corrected chi connectivity index (χ2v) is 6.61. The van der Waals surface area contributed by atoms with Gasteiger partial charge in [-0.25, -0.2) is 4.98 Å². The van der Waals surface area contributed by atoms with E-state index in [9.17, 15) is 9.59 Å². The summed E-state index contributed by atoms with van der Waals surface area (Å²) in [5.41, 5.74) is 8.05. The van der Waals surface area contributed by atoms with Crippen LogP contribution in [-0.2, 0) is 11.3 Å². The van der Waals surface area contributed by atoms with Crippen LogP contribution in [0.25, 0.3) is 0 Å². The highest BCUT2D eigenvalue weighted by molar-refractivity contribution is 7.09. The number of ether oxygens (including phenoxy) is 2. The molecule has 134 valence electrons. The fraction of sp³-hybridized carbons (Fsp3) is 0.312. The van der Waals surface area contributed by atoms with E-state index in [2.05, 4.69) is 4.98 Å². The molecule has 0 bridgehead atoms. The molecule has 0 atom stereocenters. The lowest BCUT2D eigenvalue weighted by atomic mass is 10.1. The quantitative estimate of drug-likeness (QED) is 0.791. The summed E-state index contributed by atoms with van der Waals surface area (Å²) in [4.78, 5) is 30.3. The molecule has 9 heteroatoms. The van der Waals surface area contributed by atoms with E-state index in [-0.39, 0.29) is 29.0 Å². The average molecular weight is 384 g/mol. The summed E-state index contributed by atoms with van der Waals surface area (Å²) in [6.45, 7) is 2.00. The fourth-order valence-electron chi connectivity index (χ4n) is 2.11. The first-order valence-electron chi connectivity index (χ1n) is 7.26. The van der Waals surface area contributed by atoms with Gasteiger partial charge in [-0.1, -0.05) is 11.6 Å². The van der Waals surface area contributed by atoms with Crippen molar-refractivity contribution in [2.24, 2.45) is 5.73 Å². The maximum atomic E-state index is 12.7. The van der Waals surface area contributed by atoms with Crippen LogP contribution in [0.1, 0.15) is 20.9 Å². The number of thiazole rings is 1. The van der Waals surface area contributed by atoms with Crippen molar-refractivity contribution in [3.8, 4) is 11.5 Å². The summed E-state index contributed by atoms with van der Waals surface area (Å²) in [5.74, 6) is -0.452. The molecular formula is C16H18ClN3O4S. The number of primary amides is 1. The number of hydrogen-bond acceptors (Lipinski definition) is 6. The standard InChI is InChI=1S/C16H18ClN3O4S/c1-9-13(25-8-19-9)6-20(2)16(22)10-4-11(17)15(12(5-10)23-3)24-7-14(18)21/h4-5,8H,6-7H2,1-3H3,(H2,18,21). The van der Waals surface area contributed by atoms with Crippen LogP contribution in [0.2, 0.25) is 5.02 Å². The van der Waals surface area contributed by atoms with Gasteiger partial charge in [0.15, 0.2) is 18.1 Å². The number of nitrogens with zero attached hydrogens (tertiary/aromatic N) is 2. The van der Waals surface area contributed by atoms with Gasteiger partial charge < -0.3 is 20.1 Å². The summed E-state index contributed by atoms with van der Waals surface area (Å²) in [7, 11) is 3.11. The zero-order valence-corrected chi connectivity index (χ0v) is 15.6. The van der Waals surface area contributed by atoms with Crippen molar-refractivity contribution in [3.63, 3.8) is 0 Å². The summed E-state index contributed by atoms with van der Waals surface area (Å²) in [6, 6.07) is 2.99. The number of methoxy groups -OCH3 is 1. The number of nitrogens with two attached hydrogens (primary N) is 1. The molecule has 1 heterocycles. The zero-order valence-electron chi connectivity index (χ0n) is 14.0. The lowest BCUT2D eigenvalue weighted by Gasteiger charge is -2.18. The van der Waals surface area contributed by atoms with Crippen molar-refractivity contribution in [1.82, 2.24) is 9.88 Å². The molecule has 2 rings (SSSR count). The predicted octanol–water partition coefficient (Wildman–Crippen LogP) is 2.25. The van der Waals surface area contributed by atoms with Crippen LogP contribution >= 0.6 is 22.9 Å². The lowest BCUT2D eigenvalue weighted by Crippen LogP contribution is -2.26. The van der Waals surface area contributed by atoms with E-state index in [1.807, 2.05) is 6.92 Å². The number of carbonyl (C=O) groups excluding carboxylic acids is 2. The van der Waals surface area contributed by atoms with E-state index in [1.54, 1.807) is 17.5 Å². The second-order valence-electron chi connectivity index (χ2n) is 5.27. The highest BCUT2D eigenvalue weighted by atomic mass is 35.5.